The van der Waals surface area contributed by atoms with Crippen LogP contribution in [0.25, 0.3) is 134 Å². The SMILES string of the molecule is CC1(C)c2ccccc2-c2cc(N(c3ccc(-c4ccccc4)cc3)c3ccc(-c4ccccc4-c4ccccc4)cc3)ccc21.CC1(C)c2ccccc2-c2ccc(N(c3ccc(-c4cc(-c5ccccc5)cc(-c5ccccc5)c4)cc3)c3ccc4c(c3)C(C)(C)c3ccccc3-4)cc21.CC1(C)c2ccccc2-c2ccc(N(c3ccc4c(c3)C(C)(C)c3ccccc3-4)c3ccc4c(c3)C(C)(C)c3ccccc3-4)cc21. The Morgan fingerprint density at radius 1 is 0.102 bits per heavy atom. The normalized spacial score (nSPS) is 14.4. The van der Waals surface area contributed by atoms with E-state index in [4.69, 9.17) is 0 Å². The summed E-state index contributed by atoms with van der Waals surface area (Å²) < 4.78 is 0. The third-order valence-electron chi connectivity index (χ3n) is 33.2. The Labute approximate surface area is 866 Å². The van der Waals surface area contributed by atoms with Gasteiger partial charge in [0.15, 0.2) is 0 Å². The summed E-state index contributed by atoms with van der Waals surface area (Å²) in [5, 5.41) is 0. The minimum absolute atomic E-state index is 0.0274. The lowest BCUT2D eigenvalue weighted by atomic mass is 9.81. The summed E-state index contributed by atoms with van der Waals surface area (Å²) in [5.74, 6) is 0. The minimum Gasteiger partial charge on any atom is -0.310 e. The first kappa shape index (κ1) is 91.2. The Bertz CT molecular complexity index is 8320. The first-order chi connectivity index (χ1) is 71.4. The summed E-state index contributed by atoms with van der Waals surface area (Å²) in [7, 11) is 0. The Morgan fingerprint density at radius 2 is 0.265 bits per heavy atom. The van der Waals surface area contributed by atoms with Crippen molar-refractivity contribution in [3.63, 3.8) is 0 Å². The maximum atomic E-state index is 2.50. The molecule has 3 nitrogen and oxygen atoms in total. The summed E-state index contributed by atoms with van der Waals surface area (Å²) in [6.07, 6.45) is 0. The molecule has 708 valence electrons. The monoisotopic (exact) mass is 1890 g/mol. The van der Waals surface area contributed by atoms with E-state index in [0.717, 1.165) is 34.1 Å². The van der Waals surface area contributed by atoms with Crippen molar-refractivity contribution >= 4 is 51.2 Å². The molecule has 0 saturated heterocycles. The lowest BCUT2D eigenvalue weighted by Crippen LogP contribution is -2.19. The average Bonchev–Trinajstić information content (AvgIpc) is 1.67. The number of hydrogen-bond donors (Lipinski definition) is 0. The van der Waals surface area contributed by atoms with Gasteiger partial charge < -0.3 is 14.7 Å². The van der Waals surface area contributed by atoms with Crippen molar-refractivity contribution in [1.29, 1.82) is 0 Å². The maximum Gasteiger partial charge on any atom is 0.0468 e. The van der Waals surface area contributed by atoms with Gasteiger partial charge >= 0.3 is 0 Å². The van der Waals surface area contributed by atoms with Crippen LogP contribution in [0.5, 0.6) is 0 Å². The van der Waals surface area contributed by atoms with E-state index < -0.39 is 0 Å². The van der Waals surface area contributed by atoms with Crippen LogP contribution in [0.4, 0.5) is 51.2 Å². The van der Waals surface area contributed by atoms with Crippen molar-refractivity contribution in [2.45, 2.75) is 116 Å². The van der Waals surface area contributed by atoms with Gasteiger partial charge in [-0.25, -0.2) is 0 Å². The van der Waals surface area contributed by atoms with Crippen LogP contribution < -0.4 is 14.7 Å². The minimum atomic E-state index is -0.0980. The number of hydrogen-bond acceptors (Lipinski definition) is 3. The average molecular weight is 1890 g/mol. The smallest absolute Gasteiger partial charge is 0.0468 e. The van der Waals surface area contributed by atoms with Crippen molar-refractivity contribution < 1.29 is 0 Å². The second-order valence-electron chi connectivity index (χ2n) is 43.9. The van der Waals surface area contributed by atoms with Crippen LogP contribution in [-0.4, -0.2) is 0 Å². The molecule has 0 spiro atoms. The van der Waals surface area contributed by atoms with Gasteiger partial charge in [0.1, 0.15) is 0 Å². The zero-order valence-electron chi connectivity index (χ0n) is 85.6. The summed E-state index contributed by atoms with van der Waals surface area (Å²) >= 11 is 0. The van der Waals surface area contributed by atoms with Crippen molar-refractivity contribution in [3.8, 4) is 134 Å². The molecule has 0 N–H and O–H groups in total. The van der Waals surface area contributed by atoms with E-state index in [0.29, 0.717) is 0 Å². The lowest BCUT2D eigenvalue weighted by molar-refractivity contribution is 0.659. The third kappa shape index (κ3) is 15.4. The second-order valence-corrected chi connectivity index (χ2v) is 43.9. The van der Waals surface area contributed by atoms with E-state index >= 15 is 0 Å². The van der Waals surface area contributed by atoms with Crippen LogP contribution >= 0.6 is 0 Å². The van der Waals surface area contributed by atoms with Gasteiger partial charge in [-0.2, -0.15) is 0 Å². The Morgan fingerprint density at radius 3 is 0.551 bits per heavy atom. The lowest BCUT2D eigenvalue weighted by Gasteiger charge is -2.31. The van der Waals surface area contributed by atoms with E-state index in [1.807, 2.05) is 0 Å². The van der Waals surface area contributed by atoms with Crippen molar-refractivity contribution in [1.82, 2.24) is 0 Å². The van der Waals surface area contributed by atoms with Crippen molar-refractivity contribution in [3.05, 3.63) is 558 Å². The highest BCUT2D eigenvalue weighted by molar-refractivity contribution is 5.96. The Balaban J connectivity index is 0.000000115. The third-order valence-corrected chi connectivity index (χ3v) is 33.2. The van der Waals surface area contributed by atoms with Crippen molar-refractivity contribution in [2.24, 2.45) is 0 Å². The Kier molecular flexibility index (Phi) is 22.0. The molecule has 21 aromatic carbocycles. The highest BCUT2D eigenvalue weighted by Crippen LogP contribution is 2.60. The molecular weight excluding hydrogens is 1770 g/mol. The Hall–Kier alpha value is -17.0. The second kappa shape index (κ2) is 35.5. The fourth-order valence-electron chi connectivity index (χ4n) is 25.4. The van der Waals surface area contributed by atoms with Gasteiger partial charge in [0.2, 0.25) is 0 Å². The highest BCUT2D eigenvalue weighted by Gasteiger charge is 2.44. The molecule has 0 unspecified atom stereocenters. The van der Waals surface area contributed by atoms with Crippen LogP contribution in [0.1, 0.15) is 150 Å². The molecule has 0 aromatic heterocycles. The molecule has 6 aliphatic rings. The van der Waals surface area contributed by atoms with Crippen LogP contribution in [0.2, 0.25) is 0 Å². The topological polar surface area (TPSA) is 9.72 Å². The number of nitrogens with zero attached hydrogens (tertiary/aromatic N) is 3. The summed E-state index contributed by atoms with van der Waals surface area (Å²) in [4.78, 5) is 7.34. The molecule has 0 heterocycles. The van der Waals surface area contributed by atoms with Crippen LogP contribution in [0.3, 0.4) is 0 Å². The summed E-state index contributed by atoms with van der Waals surface area (Å²) in [6.45, 7) is 28.4. The predicted octanol–water partition coefficient (Wildman–Crippen LogP) is 39.3. The molecule has 147 heavy (non-hydrogen) atoms. The number of rotatable bonds is 15. The highest BCUT2D eigenvalue weighted by atomic mass is 15.2. The molecule has 0 radical (unpaired) electrons. The molecule has 0 bridgehead atoms. The van der Waals surface area contributed by atoms with Gasteiger partial charge in [-0.1, -0.05) is 447 Å². The molecule has 0 atom stereocenters. The molecular formula is C144H117N3. The molecule has 0 fully saturated rings. The zero-order valence-corrected chi connectivity index (χ0v) is 85.6. The summed E-state index contributed by atoms with van der Waals surface area (Å²) in [6, 6.07) is 181. The first-order valence-electron chi connectivity index (χ1n) is 52.1. The quantitative estimate of drug-likeness (QED) is 0.101. The number of anilines is 9. The zero-order chi connectivity index (χ0) is 100.0. The fraction of sp³-hybridized carbons (Fsp3) is 0.125. The van der Waals surface area contributed by atoms with E-state index in [9.17, 15) is 0 Å². The molecule has 27 rings (SSSR count). The molecule has 0 amide bonds. The molecule has 21 aromatic rings. The molecule has 3 heteroatoms. The number of benzene rings is 21. The van der Waals surface area contributed by atoms with E-state index in [1.165, 1.54) is 217 Å². The predicted molar refractivity (Wildman–Crippen MR) is 621 cm³/mol. The molecule has 0 aliphatic heterocycles. The molecule has 6 aliphatic carbocycles. The molecule has 0 saturated carbocycles. The van der Waals surface area contributed by atoms with E-state index in [-0.39, 0.29) is 32.5 Å². The van der Waals surface area contributed by atoms with Gasteiger partial charge in [0.25, 0.3) is 0 Å². The van der Waals surface area contributed by atoms with Gasteiger partial charge in [0, 0.05) is 83.7 Å². The largest absolute Gasteiger partial charge is 0.310 e. The summed E-state index contributed by atoms with van der Waals surface area (Å²) in [5.41, 5.74) is 57.4. The standard InChI is InChI=1S/C54H43N.C45H39N.C45H35N/c1-53(2)49-21-13-11-19-45(49)47-29-27-43(34-51(47)53)55(44-28-30-48-46-20-12-14-22-50(46)54(3,4)52(48)35-44)42-25-23-38(24-26-42)41-32-39(36-15-7-5-8-16-36)31-40(33-41)37-17-9-6-10-18-37;1-43(2)37-16-10-7-13-31(37)34-22-19-28(25-40(34)43)46(29-20-23-35-32-14-8-11-17-38(32)44(3,4)41(35)26-29)30-21-24-36-33-15-9-12-18-39(33)45(5,6)42(36)27-30;1-45(2)43-20-12-11-19-41(43)42-31-38(29-30-44(42)45)46(36-25-21-33(22-26-36)32-13-5-3-6-14-32)37-27-23-35(24-28-37)40-18-10-9-17-39(40)34-15-7-4-8-16-34/h5-35H,1-4H3;7-27H,1-6H3;3-31H,1-2H3. The van der Waals surface area contributed by atoms with Crippen LogP contribution in [0.15, 0.2) is 491 Å². The maximum absolute atomic E-state index is 2.50. The van der Waals surface area contributed by atoms with E-state index in [2.05, 4.69) is 589 Å². The first-order valence-corrected chi connectivity index (χ1v) is 52.1. The number of fused-ring (bicyclic) bond motifs is 18. The van der Waals surface area contributed by atoms with Crippen LogP contribution in [-0.2, 0) is 32.5 Å². The van der Waals surface area contributed by atoms with Gasteiger partial charge in [-0.15, -0.1) is 0 Å². The van der Waals surface area contributed by atoms with Crippen molar-refractivity contribution in [2.75, 3.05) is 14.7 Å². The van der Waals surface area contributed by atoms with Gasteiger partial charge in [-0.3, -0.25) is 0 Å². The fourth-order valence-corrected chi connectivity index (χ4v) is 25.4. The van der Waals surface area contributed by atoms with E-state index in [1.54, 1.807) is 0 Å². The van der Waals surface area contributed by atoms with Crippen LogP contribution in [0, 0.1) is 0 Å². The van der Waals surface area contributed by atoms with Gasteiger partial charge in [-0.05, 0) is 328 Å². The van der Waals surface area contributed by atoms with Gasteiger partial charge in [0.05, 0.1) is 0 Å².